The molecule has 3 heteroatoms. The fraction of sp³-hybridized carbons (Fsp3) is 0.200. The number of ketones is 1. The van der Waals surface area contributed by atoms with E-state index in [-0.39, 0.29) is 5.78 Å². The zero-order valence-corrected chi connectivity index (χ0v) is 9.86. The summed E-state index contributed by atoms with van der Waals surface area (Å²) in [7, 11) is 0. The Hall–Kier alpha value is -2.34. The monoisotopic (exact) mass is 236 g/mol. The number of nitrogens with zero attached hydrogens (tertiary/aromatic N) is 1. The number of carbonyl (C=O) groups is 1. The number of carbonyl (C=O) groups excluding carboxylic acids is 1. The van der Waals surface area contributed by atoms with Crippen molar-refractivity contribution in [3.63, 3.8) is 0 Å². The molecule has 18 heavy (non-hydrogen) atoms. The van der Waals surface area contributed by atoms with Crippen LogP contribution in [-0.2, 0) is 4.79 Å². The summed E-state index contributed by atoms with van der Waals surface area (Å²) in [5.74, 6) is 0.251. The number of aromatic nitrogens is 1. The van der Waals surface area contributed by atoms with Crippen LogP contribution >= 0.6 is 0 Å². The van der Waals surface area contributed by atoms with E-state index in [0.29, 0.717) is 12.0 Å². The molecular formula is C15H12N2O. The van der Waals surface area contributed by atoms with Gasteiger partial charge in [0.15, 0.2) is 5.78 Å². The Morgan fingerprint density at radius 1 is 1.33 bits per heavy atom. The first kappa shape index (κ1) is 10.8. The molecule has 3 rings (SSSR count). The Bertz CT molecular complexity index is 701. The van der Waals surface area contributed by atoms with Gasteiger partial charge in [-0.15, -0.1) is 0 Å². The van der Waals surface area contributed by atoms with Crippen LogP contribution in [0.5, 0.6) is 0 Å². The third kappa shape index (κ3) is 1.72. The Morgan fingerprint density at radius 2 is 2.22 bits per heavy atom. The van der Waals surface area contributed by atoms with E-state index in [4.69, 9.17) is 5.26 Å². The first-order chi connectivity index (χ1) is 8.78. The maximum absolute atomic E-state index is 11.6. The molecule has 2 aromatic rings. The van der Waals surface area contributed by atoms with Crippen LogP contribution in [0.25, 0.3) is 17.0 Å². The van der Waals surface area contributed by atoms with E-state index < -0.39 is 0 Å². The number of fused-ring (bicyclic) bond motifs is 1. The highest BCUT2D eigenvalue weighted by Crippen LogP contribution is 2.27. The lowest BCUT2D eigenvalue weighted by Crippen LogP contribution is -1.90. The summed E-state index contributed by atoms with van der Waals surface area (Å²) in [5.41, 5.74) is 3.52. The van der Waals surface area contributed by atoms with Crippen LogP contribution in [0.1, 0.15) is 30.4 Å². The van der Waals surface area contributed by atoms with E-state index >= 15 is 0 Å². The molecule has 0 aliphatic heterocycles. The summed E-state index contributed by atoms with van der Waals surface area (Å²) in [4.78, 5) is 14.8. The highest BCUT2D eigenvalue weighted by Gasteiger charge is 2.17. The number of allylic oxidation sites excluding steroid dienone is 1. The number of hydrogen-bond acceptors (Lipinski definition) is 2. The Kier molecular flexibility index (Phi) is 2.49. The molecule has 0 radical (unpaired) electrons. The first-order valence-corrected chi connectivity index (χ1v) is 6.03. The van der Waals surface area contributed by atoms with Gasteiger partial charge >= 0.3 is 0 Å². The van der Waals surface area contributed by atoms with Crippen molar-refractivity contribution in [1.82, 2.24) is 4.98 Å². The standard InChI is InChI=1S/C15H12N2O/c16-8-10-4-5-14-13(6-10)12(9-17-14)7-11-2-1-3-15(11)18/h4-7,9,17H,1-3H2/b11-7-. The molecule has 0 bridgehead atoms. The third-order valence-electron chi connectivity index (χ3n) is 3.38. The van der Waals surface area contributed by atoms with Crippen molar-refractivity contribution in [1.29, 1.82) is 5.26 Å². The minimum atomic E-state index is 0.251. The van der Waals surface area contributed by atoms with Crippen LogP contribution in [0, 0.1) is 11.3 Å². The SMILES string of the molecule is N#Cc1ccc2[nH]cc(/C=C3/CCCC3=O)c2c1. The van der Waals surface area contributed by atoms with Gasteiger partial charge in [0.2, 0.25) is 0 Å². The second-order valence-electron chi connectivity index (χ2n) is 4.56. The lowest BCUT2D eigenvalue weighted by Gasteiger charge is -1.96. The molecule has 0 unspecified atom stereocenters. The van der Waals surface area contributed by atoms with Gasteiger partial charge in [0, 0.05) is 29.1 Å². The van der Waals surface area contributed by atoms with Crippen molar-refractivity contribution < 1.29 is 4.79 Å². The minimum absolute atomic E-state index is 0.251. The van der Waals surface area contributed by atoms with Crippen molar-refractivity contribution in [3.8, 4) is 6.07 Å². The predicted octanol–water partition coefficient (Wildman–Crippen LogP) is 3.18. The van der Waals surface area contributed by atoms with Gasteiger partial charge in [-0.25, -0.2) is 0 Å². The summed E-state index contributed by atoms with van der Waals surface area (Å²) < 4.78 is 0. The van der Waals surface area contributed by atoms with Gasteiger partial charge in [-0.05, 0) is 42.7 Å². The molecule has 88 valence electrons. The number of nitriles is 1. The topological polar surface area (TPSA) is 56.6 Å². The predicted molar refractivity (Wildman–Crippen MR) is 69.8 cm³/mol. The van der Waals surface area contributed by atoms with Gasteiger partial charge in [-0.3, -0.25) is 4.79 Å². The van der Waals surface area contributed by atoms with Gasteiger partial charge < -0.3 is 4.98 Å². The Labute approximate surface area is 105 Å². The van der Waals surface area contributed by atoms with Crippen molar-refractivity contribution in [2.45, 2.75) is 19.3 Å². The Morgan fingerprint density at radius 3 is 2.94 bits per heavy atom. The fourth-order valence-corrected chi connectivity index (χ4v) is 2.41. The number of hydrogen-bond donors (Lipinski definition) is 1. The summed E-state index contributed by atoms with van der Waals surface area (Å²) in [6.07, 6.45) is 6.33. The van der Waals surface area contributed by atoms with Crippen molar-refractivity contribution in [2.24, 2.45) is 0 Å². The van der Waals surface area contributed by atoms with E-state index in [0.717, 1.165) is 34.9 Å². The molecule has 1 aliphatic carbocycles. The maximum Gasteiger partial charge on any atom is 0.158 e. The number of aromatic amines is 1. The van der Waals surface area contributed by atoms with Crippen LogP contribution in [0.15, 0.2) is 30.0 Å². The Balaban J connectivity index is 2.12. The zero-order chi connectivity index (χ0) is 12.5. The molecule has 3 nitrogen and oxygen atoms in total. The van der Waals surface area contributed by atoms with Crippen LogP contribution in [-0.4, -0.2) is 10.8 Å². The first-order valence-electron chi connectivity index (χ1n) is 6.03. The van der Waals surface area contributed by atoms with Crippen molar-refractivity contribution in [3.05, 3.63) is 41.1 Å². The van der Waals surface area contributed by atoms with Crippen molar-refractivity contribution in [2.75, 3.05) is 0 Å². The van der Waals surface area contributed by atoms with Gasteiger partial charge in [0.05, 0.1) is 11.6 Å². The number of H-pyrrole nitrogens is 1. The van der Waals surface area contributed by atoms with E-state index in [1.807, 2.05) is 24.4 Å². The van der Waals surface area contributed by atoms with Gasteiger partial charge in [-0.1, -0.05) is 0 Å². The molecule has 1 heterocycles. The zero-order valence-electron chi connectivity index (χ0n) is 9.86. The smallest absolute Gasteiger partial charge is 0.158 e. The van der Waals surface area contributed by atoms with Crippen LogP contribution in [0.4, 0.5) is 0 Å². The molecule has 1 aliphatic rings. The molecule has 1 N–H and O–H groups in total. The molecule has 0 amide bonds. The number of Topliss-reactive ketones (excluding diaryl/α,β-unsaturated/α-hetero) is 1. The summed E-state index contributed by atoms with van der Waals surface area (Å²) in [6, 6.07) is 7.68. The molecule has 0 spiro atoms. The van der Waals surface area contributed by atoms with E-state index in [1.54, 1.807) is 6.07 Å². The molecule has 1 fully saturated rings. The third-order valence-corrected chi connectivity index (χ3v) is 3.38. The number of rotatable bonds is 1. The average Bonchev–Trinajstić information content (AvgIpc) is 2.97. The van der Waals surface area contributed by atoms with E-state index in [1.165, 1.54) is 0 Å². The van der Waals surface area contributed by atoms with E-state index in [9.17, 15) is 4.79 Å². The molecular weight excluding hydrogens is 224 g/mol. The van der Waals surface area contributed by atoms with Crippen LogP contribution < -0.4 is 0 Å². The normalized spacial score (nSPS) is 17.5. The molecule has 1 aromatic carbocycles. The quantitative estimate of drug-likeness (QED) is 0.773. The highest BCUT2D eigenvalue weighted by atomic mass is 16.1. The molecule has 1 aromatic heterocycles. The molecule has 1 saturated carbocycles. The second kappa shape index (κ2) is 4.15. The minimum Gasteiger partial charge on any atom is -0.361 e. The molecule has 0 saturated heterocycles. The maximum atomic E-state index is 11.6. The summed E-state index contributed by atoms with van der Waals surface area (Å²) >= 11 is 0. The number of benzene rings is 1. The summed E-state index contributed by atoms with van der Waals surface area (Å²) in [6.45, 7) is 0. The van der Waals surface area contributed by atoms with Crippen LogP contribution in [0.3, 0.4) is 0 Å². The second-order valence-corrected chi connectivity index (χ2v) is 4.56. The average molecular weight is 236 g/mol. The lowest BCUT2D eigenvalue weighted by molar-refractivity contribution is -0.114. The van der Waals surface area contributed by atoms with Crippen LogP contribution in [0.2, 0.25) is 0 Å². The van der Waals surface area contributed by atoms with Gasteiger partial charge in [0.1, 0.15) is 0 Å². The molecule has 0 atom stereocenters. The van der Waals surface area contributed by atoms with Gasteiger partial charge in [0.25, 0.3) is 0 Å². The summed E-state index contributed by atoms with van der Waals surface area (Å²) in [5, 5.41) is 9.92. The van der Waals surface area contributed by atoms with E-state index in [2.05, 4.69) is 11.1 Å². The van der Waals surface area contributed by atoms with Crippen molar-refractivity contribution >= 4 is 22.8 Å². The number of nitrogens with one attached hydrogen (secondary N) is 1. The largest absolute Gasteiger partial charge is 0.361 e. The highest BCUT2D eigenvalue weighted by molar-refractivity contribution is 6.03. The lowest BCUT2D eigenvalue weighted by atomic mass is 10.1. The van der Waals surface area contributed by atoms with Gasteiger partial charge in [-0.2, -0.15) is 5.26 Å². The fourth-order valence-electron chi connectivity index (χ4n) is 2.41.